The van der Waals surface area contributed by atoms with Crippen LogP contribution < -0.4 is 0 Å². The van der Waals surface area contributed by atoms with Crippen molar-refractivity contribution in [1.29, 1.82) is 0 Å². The van der Waals surface area contributed by atoms with E-state index in [1.165, 1.54) is 0 Å². The molecule has 18 heavy (non-hydrogen) atoms. The Hall–Kier alpha value is -1.07. The number of fused-ring (bicyclic) bond motifs is 1. The largest absolute Gasteiger partial charge is 0.302 e. The summed E-state index contributed by atoms with van der Waals surface area (Å²) >= 11 is 6.06. The predicted molar refractivity (Wildman–Crippen MR) is 70.7 cm³/mol. The molecule has 1 atom stereocenters. The average Bonchev–Trinajstić information content (AvgIpc) is 2.86. The molecule has 2 aromatic rings. The number of aromatic nitrogens is 2. The highest BCUT2D eigenvalue weighted by Crippen LogP contribution is 2.25. The standard InChI is InChI=1S/C12H13ClN2O2S/c13-10-4-1-5-15-11(10)8-14-12(15)7-9-3-2-6-18(9,16)17/h1,4-5,8-9H,2-3,6-7H2. The summed E-state index contributed by atoms with van der Waals surface area (Å²) in [7, 11) is -2.93. The molecular weight excluding hydrogens is 272 g/mol. The zero-order valence-electron chi connectivity index (χ0n) is 9.71. The molecule has 2 aromatic heterocycles. The maximum Gasteiger partial charge on any atom is 0.153 e. The molecule has 4 nitrogen and oxygen atoms in total. The maximum atomic E-state index is 11.8. The van der Waals surface area contributed by atoms with Gasteiger partial charge in [-0.15, -0.1) is 0 Å². The topological polar surface area (TPSA) is 51.4 Å². The molecule has 1 fully saturated rings. The van der Waals surface area contributed by atoms with Gasteiger partial charge in [-0.2, -0.15) is 0 Å². The van der Waals surface area contributed by atoms with E-state index < -0.39 is 9.84 Å². The lowest BCUT2D eigenvalue weighted by atomic mass is 10.2. The zero-order chi connectivity index (χ0) is 12.8. The molecule has 3 heterocycles. The van der Waals surface area contributed by atoms with E-state index in [0.717, 1.165) is 24.2 Å². The van der Waals surface area contributed by atoms with Gasteiger partial charge in [0, 0.05) is 12.6 Å². The van der Waals surface area contributed by atoms with Crippen molar-refractivity contribution >= 4 is 27.0 Å². The molecule has 3 rings (SSSR count). The van der Waals surface area contributed by atoms with Crippen molar-refractivity contribution in [3.05, 3.63) is 35.4 Å². The van der Waals surface area contributed by atoms with Gasteiger partial charge < -0.3 is 4.40 Å². The molecule has 0 N–H and O–H groups in total. The van der Waals surface area contributed by atoms with Gasteiger partial charge >= 0.3 is 0 Å². The van der Waals surface area contributed by atoms with Crippen molar-refractivity contribution in [1.82, 2.24) is 9.38 Å². The second-order valence-corrected chi connectivity index (χ2v) is 7.43. The minimum Gasteiger partial charge on any atom is -0.302 e. The van der Waals surface area contributed by atoms with E-state index in [9.17, 15) is 8.42 Å². The van der Waals surface area contributed by atoms with E-state index in [1.807, 2.05) is 16.7 Å². The molecule has 1 unspecified atom stereocenters. The van der Waals surface area contributed by atoms with Crippen LogP contribution in [-0.2, 0) is 16.3 Å². The summed E-state index contributed by atoms with van der Waals surface area (Å²) in [6.07, 6.45) is 5.52. The van der Waals surface area contributed by atoms with Crippen LogP contribution in [0.15, 0.2) is 24.5 Å². The summed E-state index contributed by atoms with van der Waals surface area (Å²) in [4.78, 5) is 4.30. The molecule has 1 saturated heterocycles. The Labute approximate surface area is 111 Å². The third-order valence-electron chi connectivity index (χ3n) is 3.47. The van der Waals surface area contributed by atoms with Crippen molar-refractivity contribution in [3.63, 3.8) is 0 Å². The van der Waals surface area contributed by atoms with Gasteiger partial charge in [0.05, 0.1) is 27.7 Å². The zero-order valence-corrected chi connectivity index (χ0v) is 11.3. The lowest BCUT2D eigenvalue weighted by molar-refractivity contribution is 0.586. The Kier molecular flexibility index (Phi) is 2.83. The lowest BCUT2D eigenvalue weighted by Gasteiger charge is -2.08. The highest BCUT2D eigenvalue weighted by atomic mass is 35.5. The van der Waals surface area contributed by atoms with E-state index in [2.05, 4.69) is 4.98 Å². The quantitative estimate of drug-likeness (QED) is 0.849. The molecular formula is C12H13ClN2O2S. The fraction of sp³-hybridized carbons (Fsp3) is 0.417. The maximum absolute atomic E-state index is 11.8. The molecule has 1 aliphatic heterocycles. The summed E-state index contributed by atoms with van der Waals surface area (Å²) < 4.78 is 25.5. The van der Waals surface area contributed by atoms with Gasteiger partial charge in [0.2, 0.25) is 0 Å². The third kappa shape index (κ3) is 1.91. The van der Waals surface area contributed by atoms with Crippen LogP contribution >= 0.6 is 11.6 Å². The fourth-order valence-corrected chi connectivity index (χ4v) is 4.53. The minimum absolute atomic E-state index is 0.290. The van der Waals surface area contributed by atoms with E-state index >= 15 is 0 Å². The second-order valence-electron chi connectivity index (χ2n) is 4.62. The van der Waals surface area contributed by atoms with Crippen LogP contribution in [0.25, 0.3) is 5.52 Å². The van der Waals surface area contributed by atoms with Gasteiger partial charge in [-0.05, 0) is 25.0 Å². The average molecular weight is 285 g/mol. The van der Waals surface area contributed by atoms with Gasteiger partial charge in [-0.1, -0.05) is 11.6 Å². The number of hydrogen-bond acceptors (Lipinski definition) is 3. The van der Waals surface area contributed by atoms with Gasteiger partial charge in [-0.25, -0.2) is 13.4 Å². The first-order valence-electron chi connectivity index (χ1n) is 5.90. The lowest BCUT2D eigenvalue weighted by Crippen LogP contribution is -2.19. The normalized spacial score (nSPS) is 22.6. The van der Waals surface area contributed by atoms with Crippen molar-refractivity contribution < 1.29 is 8.42 Å². The number of rotatable bonds is 2. The Bertz CT molecular complexity index is 693. The Morgan fingerprint density at radius 3 is 3.06 bits per heavy atom. The van der Waals surface area contributed by atoms with Gasteiger partial charge in [0.25, 0.3) is 0 Å². The number of pyridine rings is 1. The van der Waals surface area contributed by atoms with Crippen molar-refractivity contribution in [2.45, 2.75) is 24.5 Å². The van der Waals surface area contributed by atoms with Crippen molar-refractivity contribution in [2.24, 2.45) is 0 Å². The Morgan fingerprint density at radius 1 is 1.50 bits per heavy atom. The monoisotopic (exact) mass is 284 g/mol. The summed E-state index contributed by atoms with van der Waals surface area (Å²) in [6.45, 7) is 0. The summed E-state index contributed by atoms with van der Waals surface area (Å²) in [5.74, 6) is 1.07. The molecule has 0 saturated carbocycles. The van der Waals surface area contributed by atoms with Crippen LogP contribution in [0, 0.1) is 0 Å². The van der Waals surface area contributed by atoms with E-state index in [-0.39, 0.29) is 5.25 Å². The number of sulfone groups is 1. The van der Waals surface area contributed by atoms with Crippen molar-refractivity contribution in [2.75, 3.05) is 5.75 Å². The van der Waals surface area contributed by atoms with Gasteiger partial charge in [0.15, 0.2) is 9.84 Å². The molecule has 0 amide bonds. The van der Waals surface area contributed by atoms with Gasteiger partial charge in [-0.3, -0.25) is 0 Å². The SMILES string of the molecule is O=S1(=O)CCCC1Cc1ncc2c(Cl)cccn12. The molecule has 1 aliphatic rings. The van der Waals surface area contributed by atoms with Crippen molar-refractivity contribution in [3.8, 4) is 0 Å². The number of halogens is 1. The number of nitrogens with zero attached hydrogens (tertiary/aromatic N) is 2. The third-order valence-corrected chi connectivity index (χ3v) is 6.06. The van der Waals surface area contributed by atoms with Crippen LogP contribution in [0.5, 0.6) is 0 Å². The summed E-state index contributed by atoms with van der Waals surface area (Å²) in [6, 6.07) is 3.64. The molecule has 0 radical (unpaired) electrons. The number of hydrogen-bond donors (Lipinski definition) is 0. The first-order chi connectivity index (χ1) is 8.58. The van der Waals surface area contributed by atoms with Crippen LogP contribution in [0.2, 0.25) is 5.02 Å². The van der Waals surface area contributed by atoms with Crippen LogP contribution in [0.1, 0.15) is 18.7 Å². The Morgan fingerprint density at radius 2 is 2.33 bits per heavy atom. The molecule has 0 aromatic carbocycles. The predicted octanol–water partition coefficient (Wildman–Crippen LogP) is 2.11. The van der Waals surface area contributed by atoms with Gasteiger partial charge in [0.1, 0.15) is 5.82 Å². The fourth-order valence-electron chi connectivity index (χ4n) is 2.48. The van der Waals surface area contributed by atoms with E-state index in [0.29, 0.717) is 17.2 Å². The second kappa shape index (κ2) is 4.24. The van der Waals surface area contributed by atoms with E-state index in [4.69, 9.17) is 11.6 Å². The van der Waals surface area contributed by atoms with Crippen LogP contribution in [0.3, 0.4) is 0 Å². The summed E-state index contributed by atoms with van der Waals surface area (Å²) in [5.41, 5.74) is 0.824. The molecule has 6 heteroatoms. The molecule has 0 spiro atoms. The minimum atomic E-state index is -2.93. The highest BCUT2D eigenvalue weighted by molar-refractivity contribution is 7.92. The first-order valence-corrected chi connectivity index (χ1v) is 7.99. The van der Waals surface area contributed by atoms with Crippen LogP contribution in [-0.4, -0.2) is 28.8 Å². The Balaban J connectivity index is 1.99. The van der Waals surface area contributed by atoms with Crippen LogP contribution in [0.4, 0.5) is 0 Å². The highest BCUT2D eigenvalue weighted by Gasteiger charge is 2.32. The summed E-state index contributed by atoms with van der Waals surface area (Å²) in [5, 5.41) is 0.340. The number of imidazole rings is 1. The molecule has 96 valence electrons. The first kappa shape index (κ1) is 12.0. The molecule has 0 bridgehead atoms. The molecule has 0 aliphatic carbocycles. The van der Waals surface area contributed by atoms with E-state index in [1.54, 1.807) is 12.3 Å². The smallest absolute Gasteiger partial charge is 0.153 e.